The van der Waals surface area contributed by atoms with E-state index in [2.05, 4.69) is 65.5 Å². The van der Waals surface area contributed by atoms with Crippen molar-refractivity contribution in [3.8, 4) is 6.07 Å². The molecule has 48 heavy (non-hydrogen) atoms. The van der Waals surface area contributed by atoms with Crippen LogP contribution in [0.3, 0.4) is 0 Å². The number of nitrogens with one attached hydrogen (secondary N) is 1. The largest absolute Gasteiger partial charge is 0.357 e. The van der Waals surface area contributed by atoms with Crippen LogP contribution < -0.4 is 5.32 Å². The van der Waals surface area contributed by atoms with Crippen LogP contribution in [0.2, 0.25) is 0 Å². The van der Waals surface area contributed by atoms with Gasteiger partial charge >= 0.3 is 0 Å². The summed E-state index contributed by atoms with van der Waals surface area (Å²) in [7, 11) is 0. The zero-order valence-corrected chi connectivity index (χ0v) is 27.5. The third-order valence-electron chi connectivity index (χ3n) is 11.4. The van der Waals surface area contributed by atoms with Crippen molar-refractivity contribution in [2.45, 2.75) is 51.5 Å². The van der Waals surface area contributed by atoms with Gasteiger partial charge in [-0.15, -0.1) is 0 Å². The molecule has 1 aliphatic heterocycles. The maximum absolute atomic E-state index is 15.1. The Labute approximate surface area is 282 Å². The highest BCUT2D eigenvalue weighted by Gasteiger charge is 2.58. The van der Waals surface area contributed by atoms with Gasteiger partial charge in [0.1, 0.15) is 11.4 Å². The molecule has 2 aromatic carbocycles. The summed E-state index contributed by atoms with van der Waals surface area (Å²) in [6, 6.07) is 27.3. The molecule has 3 heterocycles. The van der Waals surface area contributed by atoms with Crippen molar-refractivity contribution in [1.82, 2.24) is 20.2 Å². The molecule has 7 nitrogen and oxygen atoms in total. The number of aromatic nitrogens is 2. The molecule has 1 amide bonds. The molecule has 1 N–H and O–H groups in total. The molecular weight excluding hydrogens is 594 g/mol. The summed E-state index contributed by atoms with van der Waals surface area (Å²) in [6.07, 6.45) is 12.7. The van der Waals surface area contributed by atoms with Gasteiger partial charge in [0.15, 0.2) is 5.78 Å². The first-order valence-electron chi connectivity index (χ1n) is 16.9. The molecule has 2 aromatic heterocycles. The highest BCUT2D eigenvalue weighted by atomic mass is 16.2. The maximum atomic E-state index is 15.1. The zero-order valence-electron chi connectivity index (χ0n) is 27.5. The minimum atomic E-state index is -1.01. The summed E-state index contributed by atoms with van der Waals surface area (Å²) < 4.78 is 0. The second-order valence-electron chi connectivity index (χ2n) is 14.5. The van der Waals surface area contributed by atoms with Crippen LogP contribution in [0.5, 0.6) is 0 Å². The Morgan fingerprint density at radius 2 is 1.52 bits per heavy atom. The van der Waals surface area contributed by atoms with Crippen LogP contribution in [-0.2, 0) is 24.1 Å². The van der Waals surface area contributed by atoms with Crippen molar-refractivity contribution < 1.29 is 9.59 Å². The van der Waals surface area contributed by atoms with E-state index in [1.807, 2.05) is 29.2 Å². The minimum Gasteiger partial charge on any atom is -0.357 e. The predicted octanol–water partition coefficient (Wildman–Crippen LogP) is 6.57. The van der Waals surface area contributed by atoms with Gasteiger partial charge in [-0.05, 0) is 114 Å². The molecule has 0 radical (unpaired) electrons. The fraction of sp³-hybridized carbons (Fsp3) is 0.341. The minimum absolute atomic E-state index is 0.0213. The molecule has 4 aliphatic rings. The zero-order chi connectivity index (χ0) is 33.3. The summed E-state index contributed by atoms with van der Waals surface area (Å²) in [4.78, 5) is 39.1. The van der Waals surface area contributed by atoms with Gasteiger partial charge < -0.3 is 5.32 Å². The number of nitrogens with zero attached hydrogens (tertiary/aromatic N) is 4. The SMILES string of the molecule is CC1(C)C2CC(CN3C(=O)C(Cc4ccncc4)(Cc4ccncc4)NC3=CC(=O)c3ccc(C#N)cc3)C(Cc3ccccc3)C1C2. The highest BCUT2D eigenvalue weighted by Crippen LogP contribution is 2.63. The van der Waals surface area contributed by atoms with E-state index in [1.165, 1.54) is 12.0 Å². The number of pyridine rings is 2. The molecule has 3 aliphatic carbocycles. The molecule has 1 saturated heterocycles. The van der Waals surface area contributed by atoms with Crippen LogP contribution in [-0.4, -0.2) is 38.6 Å². The van der Waals surface area contributed by atoms with Gasteiger partial charge in [0.05, 0.1) is 11.6 Å². The Kier molecular flexibility index (Phi) is 8.43. The Morgan fingerprint density at radius 3 is 2.10 bits per heavy atom. The quantitative estimate of drug-likeness (QED) is 0.156. The summed E-state index contributed by atoms with van der Waals surface area (Å²) in [5.74, 6) is 2.22. The molecule has 4 unspecified atom stereocenters. The van der Waals surface area contributed by atoms with Crippen LogP contribution in [0.25, 0.3) is 0 Å². The number of amides is 1. The molecular formula is C41H41N5O2. The van der Waals surface area contributed by atoms with Crippen LogP contribution >= 0.6 is 0 Å². The fourth-order valence-corrected chi connectivity index (χ4v) is 8.64. The van der Waals surface area contributed by atoms with Crippen molar-refractivity contribution in [2.24, 2.45) is 29.1 Å². The van der Waals surface area contributed by atoms with Crippen molar-refractivity contribution in [2.75, 3.05) is 6.54 Å². The number of ketones is 1. The van der Waals surface area contributed by atoms with E-state index in [1.54, 1.807) is 55.1 Å². The maximum Gasteiger partial charge on any atom is 0.254 e. The second-order valence-corrected chi connectivity index (χ2v) is 14.5. The number of hydrogen-bond acceptors (Lipinski definition) is 6. The lowest BCUT2D eigenvalue weighted by molar-refractivity contribution is -0.145. The molecule has 4 atom stereocenters. The smallest absolute Gasteiger partial charge is 0.254 e. The number of fused-ring (bicyclic) bond motifs is 2. The molecule has 8 rings (SSSR count). The lowest BCUT2D eigenvalue weighted by atomic mass is 9.42. The molecule has 0 spiro atoms. The molecule has 242 valence electrons. The molecule has 7 heteroatoms. The van der Waals surface area contributed by atoms with Gasteiger partial charge in [-0.1, -0.05) is 44.2 Å². The van der Waals surface area contributed by atoms with E-state index < -0.39 is 5.54 Å². The van der Waals surface area contributed by atoms with E-state index >= 15 is 4.79 Å². The molecule has 3 saturated carbocycles. The Hall–Kier alpha value is -5.09. The molecule has 2 bridgehead atoms. The number of hydrogen-bond donors (Lipinski definition) is 1. The predicted molar refractivity (Wildman–Crippen MR) is 184 cm³/mol. The van der Waals surface area contributed by atoms with Crippen LogP contribution in [0, 0.1) is 40.4 Å². The Bertz CT molecular complexity index is 1810. The number of allylic oxidation sites excluding steroid dienone is 1. The van der Waals surface area contributed by atoms with Gasteiger partial charge in [0.2, 0.25) is 0 Å². The molecule has 4 aromatic rings. The third-order valence-corrected chi connectivity index (χ3v) is 11.4. The number of nitriles is 1. The van der Waals surface area contributed by atoms with E-state index in [9.17, 15) is 10.1 Å². The van der Waals surface area contributed by atoms with Gasteiger partial charge in [-0.25, -0.2) is 0 Å². The van der Waals surface area contributed by atoms with Gasteiger partial charge in [-0.2, -0.15) is 5.26 Å². The lowest BCUT2D eigenvalue weighted by Gasteiger charge is -2.63. The standard InChI is InChI=1S/C41H41N5O2/c1-40(2)34-21-33(35(36(40)22-34)20-28-6-4-3-5-7-28)27-46-38(23-37(47)32-10-8-31(26-42)9-11-32)45-41(39(46)48,24-29-12-16-43-17-13-29)25-30-14-18-44-19-15-30/h3-19,23,33-36,45H,20-22,24-25,27H2,1-2H3. The monoisotopic (exact) mass is 635 g/mol. The summed E-state index contributed by atoms with van der Waals surface area (Å²) in [5.41, 5.74) is 3.54. The number of carbonyl (C=O) groups excluding carboxylic acids is 2. The summed E-state index contributed by atoms with van der Waals surface area (Å²) in [5, 5.41) is 12.9. The highest BCUT2D eigenvalue weighted by molar-refractivity contribution is 6.06. The van der Waals surface area contributed by atoms with E-state index in [4.69, 9.17) is 0 Å². The first-order valence-corrected chi connectivity index (χ1v) is 16.9. The van der Waals surface area contributed by atoms with E-state index in [0.717, 1.165) is 24.0 Å². The summed E-state index contributed by atoms with van der Waals surface area (Å²) in [6.45, 7) is 5.38. The average molecular weight is 636 g/mol. The fourth-order valence-electron chi connectivity index (χ4n) is 8.64. The lowest BCUT2D eigenvalue weighted by Crippen LogP contribution is -2.58. The normalized spacial score (nSPS) is 24.4. The topological polar surface area (TPSA) is 99.0 Å². The van der Waals surface area contributed by atoms with Crippen LogP contribution in [0.1, 0.15) is 59.3 Å². The number of carbonyl (C=O) groups is 2. The first-order chi connectivity index (χ1) is 23.3. The third kappa shape index (κ3) is 6.04. The van der Waals surface area contributed by atoms with Gasteiger partial charge in [0, 0.05) is 55.8 Å². The number of rotatable bonds is 10. The second kappa shape index (κ2) is 12.8. The average Bonchev–Trinajstić information content (AvgIpc) is 3.34. The van der Waals surface area contributed by atoms with Gasteiger partial charge in [0.25, 0.3) is 5.91 Å². The van der Waals surface area contributed by atoms with E-state index in [-0.39, 0.29) is 17.1 Å². The van der Waals surface area contributed by atoms with E-state index in [0.29, 0.717) is 60.0 Å². The van der Waals surface area contributed by atoms with Crippen molar-refractivity contribution in [3.63, 3.8) is 0 Å². The van der Waals surface area contributed by atoms with Crippen LogP contribution in [0.15, 0.2) is 116 Å². The molecule has 4 fully saturated rings. The van der Waals surface area contributed by atoms with Crippen molar-refractivity contribution in [3.05, 3.63) is 143 Å². The first kappa shape index (κ1) is 31.5. The number of benzene rings is 2. The van der Waals surface area contributed by atoms with Gasteiger partial charge in [-0.3, -0.25) is 24.5 Å². The van der Waals surface area contributed by atoms with Crippen molar-refractivity contribution in [1.29, 1.82) is 5.26 Å². The Balaban J connectivity index is 1.27. The summed E-state index contributed by atoms with van der Waals surface area (Å²) >= 11 is 0. The Morgan fingerprint density at radius 1 is 0.896 bits per heavy atom. The van der Waals surface area contributed by atoms with Crippen LogP contribution in [0.4, 0.5) is 0 Å². The van der Waals surface area contributed by atoms with Crippen molar-refractivity contribution >= 4 is 11.7 Å².